The smallest absolute Gasteiger partial charge is 0.339 e. The van der Waals surface area contributed by atoms with Crippen LogP contribution >= 0.6 is 15.9 Å². The molecule has 1 aromatic carbocycles. The molecule has 4 nitrogen and oxygen atoms in total. The average molecular weight is 272 g/mol. The summed E-state index contributed by atoms with van der Waals surface area (Å²) in [6.07, 6.45) is 0.711. The SMILES string of the molecule is N[C@@H]1CCOc2c(C(=O)O)cc(Br)cc21. The minimum atomic E-state index is -0.998. The molecule has 0 fully saturated rings. The monoisotopic (exact) mass is 271 g/mol. The highest BCUT2D eigenvalue weighted by atomic mass is 79.9. The maximum Gasteiger partial charge on any atom is 0.339 e. The van der Waals surface area contributed by atoms with Crippen LogP contribution in [-0.4, -0.2) is 17.7 Å². The van der Waals surface area contributed by atoms with Gasteiger partial charge in [-0.2, -0.15) is 0 Å². The van der Waals surface area contributed by atoms with E-state index in [9.17, 15) is 4.79 Å². The van der Waals surface area contributed by atoms with Gasteiger partial charge in [-0.05, 0) is 12.1 Å². The second-order valence-electron chi connectivity index (χ2n) is 3.42. The predicted molar refractivity (Wildman–Crippen MR) is 58.1 cm³/mol. The lowest BCUT2D eigenvalue weighted by atomic mass is 9.98. The number of aromatic carboxylic acids is 1. The molecule has 0 unspecified atom stereocenters. The highest BCUT2D eigenvalue weighted by Gasteiger charge is 2.24. The maximum atomic E-state index is 11.0. The van der Waals surface area contributed by atoms with Gasteiger partial charge in [0.1, 0.15) is 11.3 Å². The molecule has 0 amide bonds. The van der Waals surface area contributed by atoms with Gasteiger partial charge in [-0.3, -0.25) is 0 Å². The number of carbonyl (C=O) groups is 1. The molecule has 0 bridgehead atoms. The summed E-state index contributed by atoms with van der Waals surface area (Å²) in [5.41, 5.74) is 6.81. The van der Waals surface area contributed by atoms with Gasteiger partial charge in [0, 0.05) is 22.5 Å². The van der Waals surface area contributed by atoms with Crippen LogP contribution in [0.15, 0.2) is 16.6 Å². The molecule has 0 spiro atoms. The Bertz CT molecular complexity index is 419. The van der Waals surface area contributed by atoms with Crippen molar-refractivity contribution in [2.24, 2.45) is 5.73 Å². The van der Waals surface area contributed by atoms with Gasteiger partial charge in [0.25, 0.3) is 0 Å². The van der Waals surface area contributed by atoms with Crippen molar-refractivity contribution in [1.29, 1.82) is 0 Å². The number of hydrogen-bond donors (Lipinski definition) is 2. The van der Waals surface area contributed by atoms with E-state index < -0.39 is 5.97 Å². The topological polar surface area (TPSA) is 72.5 Å². The van der Waals surface area contributed by atoms with Crippen LogP contribution in [-0.2, 0) is 0 Å². The fourth-order valence-corrected chi connectivity index (χ4v) is 2.13. The number of hydrogen-bond acceptors (Lipinski definition) is 3. The molecule has 1 aliphatic heterocycles. The lowest BCUT2D eigenvalue weighted by molar-refractivity contribution is 0.0690. The molecule has 5 heteroatoms. The van der Waals surface area contributed by atoms with Crippen LogP contribution in [0.2, 0.25) is 0 Å². The Balaban J connectivity index is 2.62. The third-order valence-electron chi connectivity index (χ3n) is 2.39. The Morgan fingerprint density at radius 3 is 3.00 bits per heavy atom. The largest absolute Gasteiger partial charge is 0.492 e. The van der Waals surface area contributed by atoms with Crippen molar-refractivity contribution < 1.29 is 14.6 Å². The van der Waals surface area contributed by atoms with Gasteiger partial charge in [-0.1, -0.05) is 15.9 Å². The van der Waals surface area contributed by atoms with E-state index in [0.29, 0.717) is 23.2 Å². The highest BCUT2D eigenvalue weighted by molar-refractivity contribution is 9.10. The third kappa shape index (κ3) is 1.85. The van der Waals surface area contributed by atoms with Gasteiger partial charge >= 0.3 is 5.97 Å². The van der Waals surface area contributed by atoms with Crippen LogP contribution in [0.1, 0.15) is 28.4 Å². The molecule has 15 heavy (non-hydrogen) atoms. The van der Waals surface area contributed by atoms with E-state index >= 15 is 0 Å². The van der Waals surface area contributed by atoms with E-state index in [2.05, 4.69) is 15.9 Å². The first kappa shape index (κ1) is 10.4. The first-order valence-corrected chi connectivity index (χ1v) is 5.34. The molecule has 0 aromatic heterocycles. The van der Waals surface area contributed by atoms with Gasteiger partial charge in [-0.15, -0.1) is 0 Å². The van der Waals surface area contributed by atoms with Crippen molar-refractivity contribution in [2.75, 3.05) is 6.61 Å². The summed E-state index contributed by atoms with van der Waals surface area (Å²) in [7, 11) is 0. The van der Waals surface area contributed by atoms with Crippen molar-refractivity contribution >= 4 is 21.9 Å². The first-order chi connectivity index (χ1) is 7.09. The number of carboxylic acids is 1. The summed E-state index contributed by atoms with van der Waals surface area (Å²) >= 11 is 3.26. The van der Waals surface area contributed by atoms with E-state index in [4.69, 9.17) is 15.6 Å². The molecule has 2 rings (SSSR count). The fraction of sp³-hybridized carbons (Fsp3) is 0.300. The zero-order chi connectivity index (χ0) is 11.0. The number of benzene rings is 1. The first-order valence-electron chi connectivity index (χ1n) is 4.54. The second kappa shape index (κ2) is 3.83. The van der Waals surface area contributed by atoms with Crippen LogP contribution in [0.4, 0.5) is 0 Å². The quantitative estimate of drug-likeness (QED) is 0.819. The molecule has 80 valence electrons. The number of rotatable bonds is 1. The van der Waals surface area contributed by atoms with E-state index in [1.807, 2.05) is 6.07 Å². The third-order valence-corrected chi connectivity index (χ3v) is 2.85. The van der Waals surface area contributed by atoms with Gasteiger partial charge in [0.2, 0.25) is 0 Å². The highest BCUT2D eigenvalue weighted by Crippen LogP contribution is 2.36. The number of carboxylic acid groups (broad SMARTS) is 1. The summed E-state index contributed by atoms with van der Waals surface area (Å²) < 4.78 is 6.07. The van der Waals surface area contributed by atoms with Crippen molar-refractivity contribution in [1.82, 2.24) is 0 Å². The zero-order valence-corrected chi connectivity index (χ0v) is 9.45. The van der Waals surface area contributed by atoms with Crippen molar-refractivity contribution in [2.45, 2.75) is 12.5 Å². The van der Waals surface area contributed by atoms with Gasteiger partial charge < -0.3 is 15.6 Å². The van der Waals surface area contributed by atoms with Gasteiger partial charge in [0.05, 0.1) is 6.61 Å². The lowest BCUT2D eigenvalue weighted by Gasteiger charge is -2.24. The van der Waals surface area contributed by atoms with Crippen molar-refractivity contribution in [3.8, 4) is 5.75 Å². The van der Waals surface area contributed by atoms with Crippen LogP contribution in [0.25, 0.3) is 0 Å². The van der Waals surface area contributed by atoms with Crippen molar-refractivity contribution in [3.63, 3.8) is 0 Å². The number of nitrogens with two attached hydrogens (primary N) is 1. The molecule has 0 radical (unpaired) electrons. The van der Waals surface area contributed by atoms with E-state index in [1.165, 1.54) is 6.07 Å². The summed E-state index contributed by atoms with van der Waals surface area (Å²) in [4.78, 5) is 11.0. The molecule has 1 heterocycles. The molecular weight excluding hydrogens is 262 g/mol. The summed E-state index contributed by atoms with van der Waals surface area (Å²) in [6, 6.07) is 3.19. The maximum absolute atomic E-state index is 11.0. The normalized spacial score (nSPS) is 19.2. The Kier molecular flexibility index (Phi) is 2.67. The van der Waals surface area contributed by atoms with Crippen LogP contribution in [0, 0.1) is 0 Å². The van der Waals surface area contributed by atoms with Gasteiger partial charge in [0.15, 0.2) is 0 Å². The molecule has 3 N–H and O–H groups in total. The Morgan fingerprint density at radius 1 is 1.60 bits per heavy atom. The Labute approximate surface area is 95.2 Å². The predicted octanol–water partition coefficient (Wildman–Crippen LogP) is 1.93. The number of ether oxygens (including phenoxy) is 1. The molecule has 1 aliphatic rings. The lowest BCUT2D eigenvalue weighted by Crippen LogP contribution is -2.22. The van der Waals surface area contributed by atoms with E-state index in [-0.39, 0.29) is 11.6 Å². The molecule has 0 aliphatic carbocycles. The van der Waals surface area contributed by atoms with Crippen molar-refractivity contribution in [3.05, 3.63) is 27.7 Å². The molecule has 0 saturated heterocycles. The van der Waals surface area contributed by atoms with E-state index in [0.717, 1.165) is 5.56 Å². The van der Waals surface area contributed by atoms with Crippen LogP contribution in [0.3, 0.4) is 0 Å². The van der Waals surface area contributed by atoms with Gasteiger partial charge in [-0.25, -0.2) is 4.79 Å². The standard InChI is InChI=1S/C10H10BrNO3/c11-5-3-6-8(12)1-2-15-9(6)7(4-5)10(13)14/h3-4,8H,1-2,12H2,(H,13,14)/t8-/m1/s1. The number of halogens is 1. The molecule has 0 saturated carbocycles. The zero-order valence-electron chi connectivity index (χ0n) is 7.87. The molecule has 1 atom stereocenters. The molecular formula is C10H10BrNO3. The molecule has 1 aromatic rings. The van der Waals surface area contributed by atoms with Crippen LogP contribution < -0.4 is 10.5 Å². The van der Waals surface area contributed by atoms with Crippen LogP contribution in [0.5, 0.6) is 5.75 Å². The average Bonchev–Trinajstić information content (AvgIpc) is 2.18. The number of fused-ring (bicyclic) bond motifs is 1. The fourth-order valence-electron chi connectivity index (χ4n) is 1.65. The summed E-state index contributed by atoms with van der Waals surface area (Å²) in [6.45, 7) is 0.468. The summed E-state index contributed by atoms with van der Waals surface area (Å²) in [5, 5.41) is 9.01. The summed E-state index contributed by atoms with van der Waals surface area (Å²) in [5.74, 6) is -0.592. The minimum Gasteiger partial charge on any atom is -0.492 e. The Hall–Kier alpha value is -1.07. The van der Waals surface area contributed by atoms with E-state index in [1.54, 1.807) is 0 Å². The minimum absolute atomic E-state index is 0.149. The Morgan fingerprint density at radius 2 is 2.33 bits per heavy atom. The second-order valence-corrected chi connectivity index (χ2v) is 4.34.